The van der Waals surface area contributed by atoms with Crippen molar-refractivity contribution in [2.75, 3.05) is 13.2 Å². The zero-order chi connectivity index (χ0) is 86.1. The number of alkyl carbamates (subject to hydrolysis) is 3. The monoisotopic (exact) mass is 1690 g/mol. The summed E-state index contributed by atoms with van der Waals surface area (Å²) in [6.45, 7) is 3.98. The molecule has 45 nitrogen and oxygen atoms in total. The lowest BCUT2D eigenvalue weighted by molar-refractivity contribution is -0.383. The average Bonchev–Trinajstić information content (AvgIpc) is 1.46. The highest BCUT2D eigenvalue weighted by atomic mass is 17.2. The molecule has 11 rings (SSSR count). The van der Waals surface area contributed by atoms with Crippen LogP contribution in [0.4, 0.5) is 14.4 Å². The summed E-state index contributed by atoms with van der Waals surface area (Å²) in [5.74, 6) is -1.86. The summed E-state index contributed by atoms with van der Waals surface area (Å²) in [7, 11) is 0. The predicted octanol–water partition coefficient (Wildman–Crippen LogP) is -6.61. The molecule has 38 unspecified atom stereocenters. The van der Waals surface area contributed by atoms with E-state index in [-0.39, 0.29) is 39.1 Å². The van der Waals surface area contributed by atoms with E-state index < -0.39 is 270 Å². The van der Waals surface area contributed by atoms with Gasteiger partial charge >= 0.3 is 18.3 Å². The summed E-state index contributed by atoms with van der Waals surface area (Å²) in [6.07, 6.45) is -48.8. The van der Waals surface area contributed by atoms with Crippen LogP contribution < -0.4 is 38.9 Å². The second-order valence-corrected chi connectivity index (χ2v) is 29.5. The van der Waals surface area contributed by atoms with Crippen LogP contribution in [0.15, 0.2) is 91.0 Å². The number of carbonyl (C=O) groups excluding carboxylic acids is 3. The quantitative estimate of drug-likeness (QED) is 0.0192. The molecular formula is C73H111N7O38. The fourth-order valence-electron chi connectivity index (χ4n) is 14.5. The average molecular weight is 1690 g/mol. The van der Waals surface area contributed by atoms with Gasteiger partial charge in [-0.2, -0.15) is 0 Å². The first kappa shape index (κ1) is 95.4. The first-order chi connectivity index (χ1) is 56.3. The van der Waals surface area contributed by atoms with Gasteiger partial charge in [-0.25, -0.2) is 34.7 Å². The second kappa shape index (κ2) is 44.6. The molecule has 0 radical (unpaired) electrons. The standard InChI is InChI=1S/C48H63N3O21.C23H44N4O15.C2H4O2/c1-3-30-35(55)37(57)32(51-48(61)65-23-27-17-11-6-12-18-27)43(66-30)70-41-38(58)44(71-45(41)72-62)69-40-34(54)28(49-46(59)63-21-25-13-7-4-8-14-25)19-29(50-47(60)64-22-26-15-9-5-10-16-26)39(40)68-42-24(2)33(53)36(56)31(20-52)67-42;1-2-7-12(30)14(32)9(26)20(36-7)40-19-16(34)22(41-23(19)42-35)39-18-11(29)5(24)3-6(25)17(18)38-21-10(27)15(33)13(31)8(4-28)37-21;1-2(3)4/h4-18,24,28-45,52-58,62H,3,19-23H2,1-2H3,(H,49,59)(H,50,60)(H,51,61);5-23,28-35H,2-4,24-27H2,1H3;1H3,(H,3,4). The third kappa shape index (κ3) is 23.9. The zero-order valence-electron chi connectivity index (χ0n) is 64.4. The maximum atomic E-state index is 13.6. The number of aliphatic carboxylic acids is 1. The summed E-state index contributed by atoms with van der Waals surface area (Å²) in [5.41, 5.74) is 26.2. The van der Waals surface area contributed by atoms with Crippen molar-refractivity contribution >= 4 is 24.2 Å². The van der Waals surface area contributed by atoms with Crippen LogP contribution in [0.2, 0.25) is 0 Å². The van der Waals surface area contributed by atoms with Gasteiger partial charge in [-0.3, -0.25) is 4.79 Å². The van der Waals surface area contributed by atoms with Crippen molar-refractivity contribution in [2.24, 2.45) is 28.9 Å². The lowest BCUT2D eigenvalue weighted by Gasteiger charge is -2.48. The molecule has 8 fully saturated rings. The number of aliphatic hydroxyl groups is 14. The van der Waals surface area contributed by atoms with Crippen molar-refractivity contribution in [3.05, 3.63) is 108 Å². The smallest absolute Gasteiger partial charge is 0.407 e. The number of nitrogens with two attached hydrogens (primary N) is 4. The Morgan fingerprint density at radius 2 is 0.737 bits per heavy atom. The molecule has 3 amide bonds. The summed E-state index contributed by atoms with van der Waals surface area (Å²) in [4.78, 5) is 57.9. The predicted molar refractivity (Wildman–Crippen MR) is 390 cm³/mol. The highest BCUT2D eigenvalue weighted by Gasteiger charge is 2.59. The van der Waals surface area contributed by atoms with E-state index in [4.69, 9.17) is 104 Å². The fraction of sp³-hybridized carbons (Fsp3) is 0.699. The van der Waals surface area contributed by atoms with Crippen molar-refractivity contribution in [3.63, 3.8) is 0 Å². The molecule has 6 aliphatic heterocycles. The van der Waals surface area contributed by atoms with Crippen LogP contribution in [0.25, 0.3) is 0 Å². The number of amides is 3. The Morgan fingerprint density at radius 1 is 0.381 bits per heavy atom. The molecule has 2 aliphatic carbocycles. The molecule has 3 aromatic rings. The van der Waals surface area contributed by atoms with Gasteiger partial charge in [-0.05, 0) is 42.4 Å². The highest BCUT2D eigenvalue weighted by molar-refractivity contribution is 5.69. The van der Waals surface area contributed by atoms with Crippen molar-refractivity contribution in [2.45, 2.75) is 300 Å². The number of ether oxygens (including phenoxy) is 15. The fourth-order valence-corrected chi connectivity index (χ4v) is 14.5. The number of hydrogen-bond acceptors (Lipinski definition) is 41. The number of carboxylic acid groups (broad SMARTS) is 1. The Bertz CT molecular complexity index is 3510. The number of rotatable bonds is 27. The Hall–Kier alpha value is -6.42. The van der Waals surface area contributed by atoms with Crippen molar-refractivity contribution in [1.29, 1.82) is 0 Å². The number of nitrogens with one attached hydrogen (secondary N) is 3. The molecule has 6 saturated heterocycles. The van der Waals surface area contributed by atoms with E-state index >= 15 is 0 Å². The topological polar surface area (TPSA) is 709 Å². The molecule has 2 saturated carbocycles. The van der Waals surface area contributed by atoms with Crippen LogP contribution in [0.3, 0.4) is 0 Å². The van der Waals surface area contributed by atoms with Gasteiger partial charge in [0, 0.05) is 24.9 Å². The summed E-state index contributed by atoms with van der Waals surface area (Å²) < 4.78 is 86.9. The van der Waals surface area contributed by atoms with Crippen LogP contribution in [0.5, 0.6) is 0 Å². The van der Waals surface area contributed by atoms with Gasteiger partial charge < -0.3 is 187 Å². The lowest BCUT2D eigenvalue weighted by atomic mass is 9.83. The molecule has 45 heteroatoms. The molecule has 38 atom stereocenters. The Kier molecular flexibility index (Phi) is 36.0. The van der Waals surface area contributed by atoms with Crippen LogP contribution in [0, 0.1) is 5.92 Å². The van der Waals surface area contributed by atoms with Crippen LogP contribution in [-0.4, -0.2) is 351 Å². The number of benzene rings is 3. The van der Waals surface area contributed by atoms with E-state index in [2.05, 4.69) is 25.7 Å². The van der Waals surface area contributed by atoms with Gasteiger partial charge in [-0.1, -0.05) is 112 Å². The SMILES string of the molecule is CC(=O)O.CCC1OC(OC2C(OO)OC(OC3C(O)C(N)CC(N)C3OC3OC(CO)C(O)C(O)C3N)C2O)C(N)C(O)C1O.CCC1OC(OC2C(OO)OC(OC3C(O)C(NC(=O)OCc4ccccc4)CC(NC(=O)OCc4ccccc4)C3OC3OC(CO)C(O)C(O)C3C)C2O)C(NC(=O)OCc2ccccc2)C(O)C1O. The molecule has 6 heterocycles. The van der Waals surface area contributed by atoms with Gasteiger partial charge in [0.05, 0.1) is 61.8 Å². The van der Waals surface area contributed by atoms with Crippen LogP contribution >= 0.6 is 0 Å². The Labute approximate surface area is 675 Å². The molecular weight excluding hydrogens is 1580 g/mol. The van der Waals surface area contributed by atoms with E-state index in [9.17, 15) is 96.4 Å². The molecule has 0 bridgehead atoms. The maximum Gasteiger partial charge on any atom is 0.407 e. The second-order valence-electron chi connectivity index (χ2n) is 29.5. The number of hydrogen-bond donors (Lipinski definition) is 24. The minimum absolute atomic E-state index is 0.0497. The zero-order valence-corrected chi connectivity index (χ0v) is 64.4. The highest BCUT2D eigenvalue weighted by Crippen LogP contribution is 2.40. The van der Waals surface area contributed by atoms with Crippen LogP contribution in [0.1, 0.15) is 70.1 Å². The summed E-state index contributed by atoms with van der Waals surface area (Å²) >= 11 is 0. The maximum absolute atomic E-state index is 13.6. The lowest BCUT2D eigenvalue weighted by Crippen LogP contribution is -2.68. The number of aliphatic hydroxyl groups excluding tert-OH is 14. The summed E-state index contributed by atoms with van der Waals surface area (Å²) in [6, 6.07) is 17.6. The number of carboxylic acids is 1. The first-order valence-electron chi connectivity index (χ1n) is 38.2. The van der Waals surface area contributed by atoms with E-state index in [1.807, 2.05) is 0 Å². The van der Waals surface area contributed by atoms with Crippen LogP contribution in [-0.2, 0) is 105 Å². The number of carbonyl (C=O) groups is 4. The minimum Gasteiger partial charge on any atom is -0.481 e. The van der Waals surface area contributed by atoms with Crippen molar-refractivity contribution < 1.29 is 187 Å². The third-order valence-corrected chi connectivity index (χ3v) is 21.2. The third-order valence-electron chi connectivity index (χ3n) is 21.2. The van der Waals surface area contributed by atoms with E-state index in [0.29, 0.717) is 23.1 Å². The molecule has 0 spiro atoms. The largest absolute Gasteiger partial charge is 0.481 e. The molecule has 666 valence electrons. The molecule has 28 N–H and O–H groups in total. The first-order valence-corrected chi connectivity index (χ1v) is 38.2. The molecule has 8 aliphatic rings. The van der Waals surface area contributed by atoms with E-state index in [1.165, 1.54) is 6.92 Å². The van der Waals surface area contributed by atoms with Crippen molar-refractivity contribution in [3.8, 4) is 0 Å². The van der Waals surface area contributed by atoms with Gasteiger partial charge in [0.1, 0.15) is 136 Å². The normalized spacial score (nSPS) is 41.1. The van der Waals surface area contributed by atoms with E-state index in [1.54, 1.807) is 105 Å². The Balaban J connectivity index is 0.000000292. The molecule has 3 aromatic carbocycles. The summed E-state index contributed by atoms with van der Waals surface area (Å²) in [5, 5.41) is 185. The van der Waals surface area contributed by atoms with Gasteiger partial charge in [0.25, 0.3) is 5.97 Å². The molecule has 0 aromatic heterocycles. The van der Waals surface area contributed by atoms with E-state index in [0.717, 1.165) is 6.92 Å². The van der Waals surface area contributed by atoms with Crippen molar-refractivity contribution in [1.82, 2.24) is 16.0 Å². The molecule has 118 heavy (non-hydrogen) atoms. The van der Waals surface area contributed by atoms with Gasteiger partial charge in [-0.15, -0.1) is 0 Å². The Morgan fingerprint density at radius 3 is 1.18 bits per heavy atom. The van der Waals surface area contributed by atoms with Gasteiger partial charge in [0.2, 0.25) is 12.6 Å². The van der Waals surface area contributed by atoms with Gasteiger partial charge in [0.15, 0.2) is 37.7 Å². The minimum atomic E-state index is -2.00.